The van der Waals surface area contributed by atoms with Crippen LogP contribution in [0.3, 0.4) is 0 Å². The predicted octanol–water partition coefficient (Wildman–Crippen LogP) is 3.59. The Hall–Kier alpha value is -2.10. The summed E-state index contributed by atoms with van der Waals surface area (Å²) in [6, 6.07) is 10.7. The summed E-state index contributed by atoms with van der Waals surface area (Å²) >= 11 is 0. The number of hydrogen-bond donors (Lipinski definition) is 1. The Kier molecular flexibility index (Phi) is 3.77. The molecule has 0 aromatic heterocycles. The summed E-state index contributed by atoms with van der Waals surface area (Å²) in [4.78, 5) is 0. The maximum Gasteiger partial charge on any atom is 0.149 e. The largest absolute Gasteiger partial charge is 0.497 e. The molecular weight excluding hydrogens is 236 g/mol. The predicted molar refractivity (Wildman–Crippen MR) is 66.7 cm³/mol. The summed E-state index contributed by atoms with van der Waals surface area (Å²) in [5, 5.41) is 2.95. The minimum atomic E-state index is -0.378. The lowest BCUT2D eigenvalue weighted by atomic mass is 10.2. The minimum Gasteiger partial charge on any atom is -0.497 e. The van der Waals surface area contributed by atoms with E-state index in [9.17, 15) is 8.78 Å². The standard InChI is InChI=1S/C14H13F2NO/c1-18-12-6-7-14(13(16)8-12)17-9-10-2-4-11(15)5-3-10/h2-8,17H,9H2,1H3. The second-order valence-corrected chi connectivity index (χ2v) is 3.83. The number of ether oxygens (including phenoxy) is 1. The van der Waals surface area contributed by atoms with Gasteiger partial charge in [-0.1, -0.05) is 12.1 Å². The first-order valence-electron chi connectivity index (χ1n) is 5.51. The third-order valence-electron chi connectivity index (χ3n) is 2.57. The quantitative estimate of drug-likeness (QED) is 0.894. The lowest BCUT2D eigenvalue weighted by Gasteiger charge is -2.09. The zero-order valence-corrected chi connectivity index (χ0v) is 9.91. The van der Waals surface area contributed by atoms with Gasteiger partial charge in [0, 0.05) is 12.6 Å². The molecule has 2 nitrogen and oxygen atoms in total. The molecule has 0 aliphatic carbocycles. The molecule has 18 heavy (non-hydrogen) atoms. The van der Waals surface area contributed by atoms with E-state index in [-0.39, 0.29) is 11.6 Å². The van der Waals surface area contributed by atoms with Gasteiger partial charge in [-0.2, -0.15) is 0 Å². The van der Waals surface area contributed by atoms with Crippen LogP contribution in [-0.4, -0.2) is 7.11 Å². The van der Waals surface area contributed by atoms with Crippen molar-refractivity contribution >= 4 is 5.69 Å². The number of benzene rings is 2. The second-order valence-electron chi connectivity index (χ2n) is 3.83. The van der Waals surface area contributed by atoms with Crippen LogP contribution in [0.5, 0.6) is 5.75 Å². The van der Waals surface area contributed by atoms with Crippen LogP contribution < -0.4 is 10.1 Å². The summed E-state index contributed by atoms with van der Waals surface area (Å²) in [5.41, 5.74) is 1.27. The molecule has 2 aromatic carbocycles. The van der Waals surface area contributed by atoms with Crippen molar-refractivity contribution in [2.75, 3.05) is 12.4 Å². The SMILES string of the molecule is COc1ccc(NCc2ccc(F)cc2)c(F)c1. The van der Waals surface area contributed by atoms with Gasteiger partial charge in [-0.25, -0.2) is 8.78 Å². The van der Waals surface area contributed by atoms with Crippen molar-refractivity contribution in [2.24, 2.45) is 0 Å². The van der Waals surface area contributed by atoms with E-state index in [4.69, 9.17) is 4.74 Å². The summed E-state index contributed by atoms with van der Waals surface area (Å²) in [6.45, 7) is 0.434. The smallest absolute Gasteiger partial charge is 0.149 e. The van der Waals surface area contributed by atoms with Gasteiger partial charge in [-0.15, -0.1) is 0 Å². The molecule has 2 rings (SSSR count). The molecule has 0 spiro atoms. The first-order valence-corrected chi connectivity index (χ1v) is 5.51. The summed E-state index contributed by atoms with van der Waals surface area (Å²) in [5.74, 6) is -0.189. The molecule has 94 valence electrons. The molecule has 0 unspecified atom stereocenters. The zero-order chi connectivity index (χ0) is 13.0. The fourth-order valence-corrected chi connectivity index (χ4v) is 1.57. The molecule has 2 aromatic rings. The topological polar surface area (TPSA) is 21.3 Å². The normalized spacial score (nSPS) is 10.2. The van der Waals surface area contributed by atoms with Crippen LogP contribution in [0, 0.1) is 11.6 Å². The van der Waals surface area contributed by atoms with Crippen LogP contribution in [0.2, 0.25) is 0 Å². The van der Waals surface area contributed by atoms with Crippen LogP contribution >= 0.6 is 0 Å². The van der Waals surface area contributed by atoms with Gasteiger partial charge in [0.2, 0.25) is 0 Å². The number of anilines is 1. The van der Waals surface area contributed by atoms with Crippen molar-refractivity contribution in [2.45, 2.75) is 6.54 Å². The monoisotopic (exact) mass is 249 g/mol. The van der Waals surface area contributed by atoms with Gasteiger partial charge < -0.3 is 10.1 Å². The number of halogens is 2. The average molecular weight is 249 g/mol. The van der Waals surface area contributed by atoms with Crippen LogP contribution in [0.15, 0.2) is 42.5 Å². The summed E-state index contributed by atoms with van der Waals surface area (Å²) < 4.78 is 31.2. The average Bonchev–Trinajstić information content (AvgIpc) is 2.39. The van der Waals surface area contributed by atoms with Crippen LogP contribution in [0.4, 0.5) is 14.5 Å². The van der Waals surface area contributed by atoms with Gasteiger partial charge in [-0.05, 0) is 29.8 Å². The van der Waals surface area contributed by atoms with E-state index in [0.29, 0.717) is 18.0 Å². The molecule has 0 amide bonds. The third kappa shape index (κ3) is 2.97. The maximum atomic E-state index is 13.6. The van der Waals surface area contributed by atoms with Gasteiger partial charge in [0.15, 0.2) is 0 Å². The van der Waals surface area contributed by atoms with E-state index in [1.165, 1.54) is 25.3 Å². The number of nitrogens with one attached hydrogen (secondary N) is 1. The van der Waals surface area contributed by atoms with Gasteiger partial charge in [0.1, 0.15) is 17.4 Å². The zero-order valence-electron chi connectivity index (χ0n) is 9.91. The van der Waals surface area contributed by atoms with Gasteiger partial charge in [-0.3, -0.25) is 0 Å². The van der Waals surface area contributed by atoms with E-state index in [1.54, 1.807) is 24.3 Å². The Morgan fingerprint density at radius 3 is 2.39 bits per heavy atom. The van der Waals surface area contributed by atoms with Crippen molar-refractivity contribution in [3.8, 4) is 5.75 Å². The Bertz CT molecular complexity index is 526. The highest BCUT2D eigenvalue weighted by molar-refractivity contribution is 5.48. The molecule has 0 saturated carbocycles. The highest BCUT2D eigenvalue weighted by Gasteiger charge is 2.03. The van der Waals surface area contributed by atoms with Crippen molar-refractivity contribution in [1.82, 2.24) is 0 Å². The molecule has 0 aliphatic rings. The Morgan fingerprint density at radius 1 is 1.06 bits per heavy atom. The molecule has 0 atom stereocenters. The lowest BCUT2D eigenvalue weighted by molar-refractivity contribution is 0.411. The van der Waals surface area contributed by atoms with E-state index >= 15 is 0 Å². The van der Waals surface area contributed by atoms with E-state index in [1.807, 2.05) is 0 Å². The van der Waals surface area contributed by atoms with Gasteiger partial charge in [0.25, 0.3) is 0 Å². The van der Waals surface area contributed by atoms with Crippen molar-refractivity contribution in [3.63, 3.8) is 0 Å². The highest BCUT2D eigenvalue weighted by Crippen LogP contribution is 2.20. The lowest BCUT2D eigenvalue weighted by Crippen LogP contribution is -2.01. The van der Waals surface area contributed by atoms with Gasteiger partial charge in [0.05, 0.1) is 12.8 Å². The van der Waals surface area contributed by atoms with Crippen LogP contribution in [-0.2, 0) is 6.54 Å². The number of methoxy groups -OCH3 is 1. The fourth-order valence-electron chi connectivity index (χ4n) is 1.57. The number of hydrogen-bond acceptors (Lipinski definition) is 2. The molecule has 0 heterocycles. The molecule has 0 radical (unpaired) electrons. The maximum absolute atomic E-state index is 13.6. The second kappa shape index (κ2) is 5.49. The van der Waals surface area contributed by atoms with Crippen LogP contribution in [0.25, 0.3) is 0 Å². The first-order chi connectivity index (χ1) is 8.69. The Morgan fingerprint density at radius 2 is 1.78 bits per heavy atom. The van der Waals surface area contributed by atoms with Crippen molar-refractivity contribution in [1.29, 1.82) is 0 Å². The molecular formula is C14H13F2NO. The molecule has 0 saturated heterocycles. The van der Waals surface area contributed by atoms with Crippen molar-refractivity contribution < 1.29 is 13.5 Å². The minimum absolute atomic E-state index is 0.283. The highest BCUT2D eigenvalue weighted by atomic mass is 19.1. The van der Waals surface area contributed by atoms with E-state index in [0.717, 1.165) is 5.56 Å². The Labute approximate surface area is 104 Å². The molecule has 0 aliphatic heterocycles. The summed E-state index contributed by atoms with van der Waals surface area (Å²) in [6.07, 6.45) is 0. The molecule has 0 fully saturated rings. The van der Waals surface area contributed by atoms with Crippen molar-refractivity contribution in [3.05, 3.63) is 59.7 Å². The summed E-state index contributed by atoms with van der Waals surface area (Å²) in [7, 11) is 1.49. The van der Waals surface area contributed by atoms with E-state index in [2.05, 4.69) is 5.32 Å². The Balaban J connectivity index is 2.04. The van der Waals surface area contributed by atoms with Crippen LogP contribution in [0.1, 0.15) is 5.56 Å². The molecule has 0 bridgehead atoms. The van der Waals surface area contributed by atoms with Gasteiger partial charge >= 0.3 is 0 Å². The fraction of sp³-hybridized carbons (Fsp3) is 0.143. The number of rotatable bonds is 4. The van der Waals surface area contributed by atoms with E-state index < -0.39 is 0 Å². The molecule has 1 N–H and O–H groups in total. The molecule has 4 heteroatoms. The third-order valence-corrected chi connectivity index (χ3v) is 2.57. The first kappa shape index (κ1) is 12.4.